The first kappa shape index (κ1) is 15.0. The van der Waals surface area contributed by atoms with Gasteiger partial charge >= 0.3 is 0 Å². The molecule has 6 heteroatoms. The molecule has 19 heavy (non-hydrogen) atoms. The summed E-state index contributed by atoms with van der Waals surface area (Å²) in [5, 5.41) is 4.85. The van der Waals surface area contributed by atoms with E-state index in [1.807, 2.05) is 31.4 Å². The van der Waals surface area contributed by atoms with Crippen molar-refractivity contribution in [3.63, 3.8) is 0 Å². The first-order chi connectivity index (χ1) is 9.00. The van der Waals surface area contributed by atoms with Gasteiger partial charge in [0, 0.05) is 11.4 Å². The largest absolute Gasteiger partial charge is 0.315 e. The van der Waals surface area contributed by atoms with Crippen molar-refractivity contribution >= 4 is 21.4 Å². The van der Waals surface area contributed by atoms with E-state index in [-0.39, 0.29) is 17.2 Å². The van der Waals surface area contributed by atoms with E-state index in [9.17, 15) is 8.42 Å². The average molecular weight is 302 g/mol. The second kappa shape index (κ2) is 6.35. The summed E-state index contributed by atoms with van der Waals surface area (Å²) in [6, 6.07) is 3.84. The van der Waals surface area contributed by atoms with Crippen molar-refractivity contribution in [2.75, 3.05) is 13.1 Å². The van der Waals surface area contributed by atoms with Crippen LogP contribution in [0.3, 0.4) is 0 Å². The fraction of sp³-hybridized carbons (Fsp3) is 0.692. The molecule has 2 heterocycles. The number of nitrogens with one attached hydrogen (secondary N) is 2. The summed E-state index contributed by atoms with van der Waals surface area (Å²) in [6.07, 6.45) is 1.68. The number of hydrogen-bond acceptors (Lipinski definition) is 4. The molecule has 1 fully saturated rings. The van der Waals surface area contributed by atoms with Gasteiger partial charge in [0.2, 0.25) is 10.0 Å². The maximum Gasteiger partial charge on any atom is 0.216 e. The van der Waals surface area contributed by atoms with E-state index in [1.165, 1.54) is 0 Å². The number of sulfonamides is 1. The van der Waals surface area contributed by atoms with Crippen LogP contribution in [0.25, 0.3) is 0 Å². The van der Waals surface area contributed by atoms with E-state index < -0.39 is 10.0 Å². The third-order valence-corrected chi connectivity index (χ3v) is 6.32. The monoisotopic (exact) mass is 302 g/mol. The van der Waals surface area contributed by atoms with Crippen LogP contribution in [0.4, 0.5) is 0 Å². The van der Waals surface area contributed by atoms with Crippen molar-refractivity contribution in [1.29, 1.82) is 0 Å². The summed E-state index contributed by atoms with van der Waals surface area (Å²) in [7, 11) is -3.26. The van der Waals surface area contributed by atoms with Crippen molar-refractivity contribution in [3.8, 4) is 0 Å². The summed E-state index contributed by atoms with van der Waals surface area (Å²) in [5.74, 6) is 0.241. The zero-order chi connectivity index (χ0) is 13.9. The lowest BCUT2D eigenvalue weighted by Crippen LogP contribution is -2.45. The molecule has 0 aromatic carbocycles. The van der Waals surface area contributed by atoms with Crippen molar-refractivity contribution in [2.45, 2.75) is 38.0 Å². The molecule has 2 unspecified atom stereocenters. The summed E-state index contributed by atoms with van der Waals surface area (Å²) in [5.41, 5.74) is 0. The zero-order valence-corrected chi connectivity index (χ0v) is 13.1. The standard InChI is InChI=1S/C13H22N2O2S2/c1-10(2)13(12-6-4-8-18-12)15-19(16,17)11-5-3-7-14-9-11/h4,6,8,10-11,13-15H,3,5,7,9H2,1-2H3. The predicted molar refractivity (Wildman–Crippen MR) is 79.8 cm³/mol. The first-order valence-electron chi connectivity index (χ1n) is 6.76. The Labute approximate surface area is 119 Å². The Balaban J connectivity index is 2.12. The summed E-state index contributed by atoms with van der Waals surface area (Å²) >= 11 is 1.60. The van der Waals surface area contributed by atoms with E-state index >= 15 is 0 Å². The van der Waals surface area contributed by atoms with Gasteiger partial charge in [-0.2, -0.15) is 0 Å². The van der Waals surface area contributed by atoms with Crippen LogP contribution in [0.5, 0.6) is 0 Å². The molecular formula is C13H22N2O2S2. The highest BCUT2D eigenvalue weighted by atomic mass is 32.2. The fourth-order valence-corrected chi connectivity index (χ4v) is 5.13. The number of rotatable bonds is 5. The summed E-state index contributed by atoms with van der Waals surface area (Å²) < 4.78 is 27.8. The van der Waals surface area contributed by atoms with E-state index in [0.29, 0.717) is 6.54 Å². The molecule has 2 atom stereocenters. The highest BCUT2D eigenvalue weighted by molar-refractivity contribution is 7.90. The molecule has 0 amide bonds. The molecule has 1 aromatic rings. The first-order valence-corrected chi connectivity index (χ1v) is 9.18. The third-order valence-electron chi connectivity index (χ3n) is 3.50. The number of thiophene rings is 1. The maximum absolute atomic E-state index is 12.4. The molecule has 1 aliphatic rings. The molecule has 0 spiro atoms. The van der Waals surface area contributed by atoms with Gasteiger partial charge < -0.3 is 5.32 Å². The molecule has 108 valence electrons. The van der Waals surface area contributed by atoms with Gasteiger partial charge in [0.05, 0.1) is 11.3 Å². The number of hydrogen-bond donors (Lipinski definition) is 2. The maximum atomic E-state index is 12.4. The van der Waals surface area contributed by atoms with Gasteiger partial charge in [0.25, 0.3) is 0 Å². The molecule has 1 aromatic heterocycles. The van der Waals surface area contributed by atoms with Gasteiger partial charge in [-0.25, -0.2) is 13.1 Å². The molecule has 1 saturated heterocycles. The van der Waals surface area contributed by atoms with Gasteiger partial charge in [-0.3, -0.25) is 0 Å². The second-order valence-electron chi connectivity index (χ2n) is 5.37. The smallest absolute Gasteiger partial charge is 0.216 e. The lowest BCUT2D eigenvalue weighted by molar-refractivity contribution is 0.447. The molecule has 0 saturated carbocycles. The van der Waals surface area contributed by atoms with Crippen molar-refractivity contribution in [3.05, 3.63) is 22.4 Å². The van der Waals surface area contributed by atoms with Crippen LogP contribution < -0.4 is 10.0 Å². The minimum Gasteiger partial charge on any atom is -0.315 e. The summed E-state index contributed by atoms with van der Waals surface area (Å²) in [6.45, 7) is 5.58. The Bertz CT molecular complexity index is 477. The molecule has 0 radical (unpaired) electrons. The Morgan fingerprint density at radius 3 is 2.79 bits per heavy atom. The Kier molecular flexibility index (Phi) is 5.00. The molecule has 1 aliphatic heterocycles. The van der Waals surface area contributed by atoms with Crippen LogP contribution in [-0.4, -0.2) is 26.8 Å². The van der Waals surface area contributed by atoms with E-state index in [1.54, 1.807) is 11.3 Å². The van der Waals surface area contributed by atoms with Crippen molar-refractivity contribution in [2.24, 2.45) is 5.92 Å². The molecule has 4 nitrogen and oxygen atoms in total. The summed E-state index contributed by atoms with van der Waals surface area (Å²) in [4.78, 5) is 1.09. The molecule has 2 rings (SSSR count). The van der Waals surface area contributed by atoms with E-state index in [0.717, 1.165) is 24.3 Å². The normalized spacial score (nSPS) is 22.6. The van der Waals surface area contributed by atoms with Crippen LogP contribution in [0.1, 0.15) is 37.6 Å². The Morgan fingerprint density at radius 2 is 2.26 bits per heavy atom. The molecular weight excluding hydrogens is 280 g/mol. The zero-order valence-electron chi connectivity index (χ0n) is 11.4. The van der Waals surface area contributed by atoms with Gasteiger partial charge in [-0.15, -0.1) is 11.3 Å². The lowest BCUT2D eigenvalue weighted by atomic mass is 10.0. The lowest BCUT2D eigenvalue weighted by Gasteiger charge is -2.27. The second-order valence-corrected chi connectivity index (χ2v) is 8.34. The van der Waals surface area contributed by atoms with Gasteiger partial charge in [0.15, 0.2) is 0 Å². The topological polar surface area (TPSA) is 58.2 Å². The molecule has 0 aliphatic carbocycles. The Hall–Kier alpha value is -0.430. The van der Waals surface area contributed by atoms with Crippen LogP contribution in [0, 0.1) is 5.92 Å². The SMILES string of the molecule is CC(C)C(NS(=O)(=O)C1CCCNC1)c1cccs1. The Morgan fingerprint density at radius 1 is 1.47 bits per heavy atom. The third kappa shape index (κ3) is 3.78. The van der Waals surface area contributed by atoms with Crippen LogP contribution in [0.2, 0.25) is 0 Å². The highest BCUT2D eigenvalue weighted by Gasteiger charge is 2.31. The van der Waals surface area contributed by atoms with Gasteiger partial charge in [-0.05, 0) is 36.8 Å². The van der Waals surface area contributed by atoms with Crippen molar-refractivity contribution < 1.29 is 8.42 Å². The van der Waals surface area contributed by atoms with E-state index in [4.69, 9.17) is 0 Å². The highest BCUT2D eigenvalue weighted by Crippen LogP contribution is 2.27. The van der Waals surface area contributed by atoms with Crippen LogP contribution in [-0.2, 0) is 10.0 Å². The quantitative estimate of drug-likeness (QED) is 0.876. The van der Waals surface area contributed by atoms with Crippen LogP contribution in [0.15, 0.2) is 17.5 Å². The minimum atomic E-state index is -3.26. The fourth-order valence-electron chi connectivity index (χ4n) is 2.35. The molecule has 0 bridgehead atoms. The van der Waals surface area contributed by atoms with Crippen LogP contribution >= 0.6 is 11.3 Å². The minimum absolute atomic E-state index is 0.119. The molecule has 2 N–H and O–H groups in total. The van der Waals surface area contributed by atoms with Crippen molar-refractivity contribution in [1.82, 2.24) is 10.0 Å². The average Bonchev–Trinajstić information content (AvgIpc) is 2.90. The van der Waals surface area contributed by atoms with E-state index in [2.05, 4.69) is 10.0 Å². The predicted octanol–water partition coefficient (Wildman–Crippen LogP) is 2.12. The van der Waals surface area contributed by atoms with Gasteiger partial charge in [-0.1, -0.05) is 19.9 Å². The number of piperidine rings is 1. The van der Waals surface area contributed by atoms with Gasteiger partial charge in [0.1, 0.15) is 0 Å².